The third-order valence-corrected chi connectivity index (χ3v) is 1.56. The summed E-state index contributed by atoms with van der Waals surface area (Å²) in [6, 6.07) is 6.06. The van der Waals surface area contributed by atoms with Crippen LogP contribution >= 0.6 is 0 Å². The SMILES string of the molecule is O=C(O)c1ccc(C#CC#CCF)cc1. The maximum Gasteiger partial charge on any atom is 0.335 e. The molecular formula is C12H7FO2. The van der Waals surface area contributed by atoms with Gasteiger partial charge in [-0.25, -0.2) is 9.18 Å². The molecule has 0 saturated carbocycles. The lowest BCUT2D eigenvalue weighted by Crippen LogP contribution is -1.94. The Morgan fingerprint density at radius 3 is 2.47 bits per heavy atom. The van der Waals surface area contributed by atoms with Crippen LogP contribution in [0.5, 0.6) is 0 Å². The van der Waals surface area contributed by atoms with Crippen molar-refractivity contribution in [2.24, 2.45) is 0 Å². The average Bonchev–Trinajstić information content (AvgIpc) is 2.25. The Hall–Kier alpha value is -2.26. The van der Waals surface area contributed by atoms with E-state index in [0.29, 0.717) is 5.56 Å². The van der Waals surface area contributed by atoms with Gasteiger partial charge in [-0.15, -0.1) is 0 Å². The first-order valence-corrected chi connectivity index (χ1v) is 4.12. The summed E-state index contributed by atoms with van der Waals surface area (Å²) in [5.74, 6) is 8.62. The van der Waals surface area contributed by atoms with Crippen molar-refractivity contribution in [2.75, 3.05) is 6.67 Å². The lowest BCUT2D eigenvalue weighted by atomic mass is 10.1. The zero-order valence-electron chi connectivity index (χ0n) is 7.75. The second-order valence-corrected chi connectivity index (χ2v) is 2.57. The molecule has 15 heavy (non-hydrogen) atoms. The molecule has 0 aliphatic heterocycles. The monoisotopic (exact) mass is 202 g/mol. The number of aromatic carboxylic acids is 1. The predicted octanol–water partition coefficient (Wildman–Crippen LogP) is 1.71. The summed E-state index contributed by atoms with van der Waals surface area (Å²) >= 11 is 0. The second-order valence-electron chi connectivity index (χ2n) is 2.57. The van der Waals surface area contributed by atoms with E-state index in [1.165, 1.54) is 12.1 Å². The van der Waals surface area contributed by atoms with E-state index in [9.17, 15) is 9.18 Å². The Morgan fingerprint density at radius 2 is 1.93 bits per heavy atom. The molecule has 1 aromatic carbocycles. The quantitative estimate of drug-likeness (QED) is 0.704. The number of hydrogen-bond donors (Lipinski definition) is 1. The van der Waals surface area contributed by atoms with Crippen LogP contribution in [-0.2, 0) is 0 Å². The fourth-order valence-electron chi connectivity index (χ4n) is 0.877. The van der Waals surface area contributed by atoms with E-state index >= 15 is 0 Å². The van der Waals surface area contributed by atoms with Gasteiger partial charge in [-0.05, 0) is 36.1 Å². The van der Waals surface area contributed by atoms with Crippen molar-refractivity contribution in [3.8, 4) is 23.7 Å². The molecule has 0 aliphatic carbocycles. The lowest BCUT2D eigenvalue weighted by Gasteiger charge is -1.92. The molecule has 0 saturated heterocycles. The number of carboxylic acid groups (broad SMARTS) is 1. The van der Waals surface area contributed by atoms with E-state index in [0.717, 1.165) is 0 Å². The van der Waals surface area contributed by atoms with Crippen LogP contribution in [0.3, 0.4) is 0 Å². The molecule has 0 heterocycles. The fraction of sp³-hybridized carbons (Fsp3) is 0.0833. The Bertz CT molecular complexity index is 466. The third-order valence-electron chi connectivity index (χ3n) is 1.56. The van der Waals surface area contributed by atoms with Crippen molar-refractivity contribution in [1.29, 1.82) is 0 Å². The largest absolute Gasteiger partial charge is 0.478 e. The summed E-state index contributed by atoms with van der Waals surface area (Å²) in [5, 5.41) is 8.62. The first-order valence-electron chi connectivity index (χ1n) is 4.12. The van der Waals surface area contributed by atoms with Gasteiger partial charge in [-0.2, -0.15) is 0 Å². The molecular weight excluding hydrogens is 195 g/mol. The average molecular weight is 202 g/mol. The molecule has 0 spiro atoms. The molecule has 0 aliphatic rings. The zero-order chi connectivity index (χ0) is 11.1. The second kappa shape index (κ2) is 5.47. The van der Waals surface area contributed by atoms with Gasteiger partial charge in [0.2, 0.25) is 0 Å². The minimum absolute atomic E-state index is 0.204. The highest BCUT2D eigenvalue weighted by molar-refractivity contribution is 5.87. The zero-order valence-corrected chi connectivity index (χ0v) is 7.75. The van der Waals surface area contributed by atoms with E-state index in [1.807, 2.05) is 0 Å². The molecule has 74 valence electrons. The van der Waals surface area contributed by atoms with E-state index in [-0.39, 0.29) is 5.56 Å². The molecule has 0 radical (unpaired) electrons. The fourth-order valence-corrected chi connectivity index (χ4v) is 0.877. The Morgan fingerprint density at radius 1 is 1.27 bits per heavy atom. The molecule has 3 heteroatoms. The van der Waals surface area contributed by atoms with Crippen molar-refractivity contribution in [2.45, 2.75) is 0 Å². The molecule has 1 aromatic rings. The first-order chi connectivity index (χ1) is 7.24. The summed E-state index contributed by atoms with van der Waals surface area (Å²) in [4.78, 5) is 10.5. The van der Waals surface area contributed by atoms with Gasteiger partial charge in [0, 0.05) is 5.56 Å². The van der Waals surface area contributed by atoms with Gasteiger partial charge in [0.1, 0.15) is 0 Å². The third kappa shape index (κ3) is 3.54. The number of rotatable bonds is 1. The van der Waals surface area contributed by atoms with Gasteiger partial charge in [-0.1, -0.05) is 11.8 Å². The standard InChI is InChI=1S/C12H7FO2/c13-9-3-1-2-4-10-5-7-11(8-6-10)12(14)15/h5-8H,9H2,(H,14,15). The highest BCUT2D eigenvalue weighted by atomic mass is 19.1. The molecule has 0 amide bonds. The summed E-state index contributed by atoms with van der Waals surface area (Å²) < 4.78 is 11.6. The molecule has 0 atom stereocenters. The van der Waals surface area contributed by atoms with Gasteiger partial charge >= 0.3 is 5.97 Å². The summed E-state index contributed by atoms with van der Waals surface area (Å²) in [6.07, 6.45) is 0. The number of hydrogen-bond acceptors (Lipinski definition) is 1. The molecule has 0 unspecified atom stereocenters. The highest BCUT2D eigenvalue weighted by Crippen LogP contribution is 2.02. The van der Waals surface area contributed by atoms with Crippen LogP contribution in [0.2, 0.25) is 0 Å². The maximum absolute atomic E-state index is 11.6. The first kappa shape index (κ1) is 10.8. The van der Waals surface area contributed by atoms with Gasteiger partial charge in [0.15, 0.2) is 6.67 Å². The van der Waals surface area contributed by atoms with Crippen LogP contribution in [0.1, 0.15) is 15.9 Å². The van der Waals surface area contributed by atoms with Crippen LogP contribution in [0.4, 0.5) is 4.39 Å². The van der Waals surface area contributed by atoms with Gasteiger partial charge in [0.05, 0.1) is 5.56 Å². The van der Waals surface area contributed by atoms with Crippen molar-refractivity contribution < 1.29 is 14.3 Å². The van der Waals surface area contributed by atoms with Gasteiger partial charge < -0.3 is 5.11 Å². The van der Waals surface area contributed by atoms with Crippen molar-refractivity contribution >= 4 is 5.97 Å². The normalized spacial score (nSPS) is 8.07. The van der Waals surface area contributed by atoms with E-state index in [4.69, 9.17) is 5.11 Å². The minimum atomic E-state index is -0.980. The Labute approximate surface area is 86.7 Å². The van der Waals surface area contributed by atoms with E-state index in [1.54, 1.807) is 12.1 Å². The number of carbonyl (C=O) groups is 1. The van der Waals surface area contributed by atoms with Crippen LogP contribution in [0.15, 0.2) is 24.3 Å². The summed E-state index contributed by atoms with van der Waals surface area (Å²) in [7, 11) is 0. The molecule has 0 aromatic heterocycles. The number of alkyl halides is 1. The topological polar surface area (TPSA) is 37.3 Å². The Kier molecular flexibility index (Phi) is 3.94. The molecule has 2 nitrogen and oxygen atoms in total. The predicted molar refractivity (Wildman–Crippen MR) is 54.0 cm³/mol. The number of carboxylic acids is 1. The molecule has 1 rings (SSSR count). The highest BCUT2D eigenvalue weighted by Gasteiger charge is 1.99. The molecule has 1 N–H and O–H groups in total. The molecule has 0 bridgehead atoms. The minimum Gasteiger partial charge on any atom is -0.478 e. The van der Waals surface area contributed by atoms with Gasteiger partial charge in [-0.3, -0.25) is 0 Å². The smallest absolute Gasteiger partial charge is 0.335 e. The number of benzene rings is 1. The van der Waals surface area contributed by atoms with Crippen LogP contribution in [0.25, 0.3) is 0 Å². The summed E-state index contributed by atoms with van der Waals surface area (Å²) in [6.45, 7) is -0.716. The van der Waals surface area contributed by atoms with Crippen LogP contribution in [0, 0.1) is 23.7 Å². The van der Waals surface area contributed by atoms with Crippen molar-refractivity contribution in [1.82, 2.24) is 0 Å². The van der Waals surface area contributed by atoms with Gasteiger partial charge in [0.25, 0.3) is 0 Å². The van der Waals surface area contributed by atoms with Crippen LogP contribution < -0.4 is 0 Å². The Balaban J connectivity index is 2.79. The summed E-state index contributed by atoms with van der Waals surface area (Å²) in [5.41, 5.74) is 0.851. The van der Waals surface area contributed by atoms with Crippen molar-refractivity contribution in [3.63, 3.8) is 0 Å². The van der Waals surface area contributed by atoms with E-state index in [2.05, 4.69) is 23.7 Å². The van der Waals surface area contributed by atoms with Crippen molar-refractivity contribution in [3.05, 3.63) is 35.4 Å². The van der Waals surface area contributed by atoms with E-state index < -0.39 is 12.6 Å². The maximum atomic E-state index is 11.6. The lowest BCUT2D eigenvalue weighted by molar-refractivity contribution is 0.0697. The molecule has 0 fully saturated rings. The van der Waals surface area contributed by atoms with Crippen LogP contribution in [-0.4, -0.2) is 17.8 Å². The number of halogens is 1.